The zero-order chi connectivity index (χ0) is 12.4. The molecule has 0 radical (unpaired) electrons. The lowest BCUT2D eigenvalue weighted by atomic mass is 10.0. The van der Waals surface area contributed by atoms with E-state index >= 15 is 0 Å². The van der Waals surface area contributed by atoms with Crippen LogP contribution in [-0.4, -0.2) is 0 Å². The molecule has 2 rings (SSSR count). The first-order valence-electron chi connectivity index (χ1n) is 5.23. The Hall–Kier alpha value is -1.41. The van der Waals surface area contributed by atoms with Gasteiger partial charge in [0.2, 0.25) is 0 Å². The highest BCUT2D eigenvalue weighted by Crippen LogP contribution is 2.31. The first kappa shape index (κ1) is 12.1. The summed E-state index contributed by atoms with van der Waals surface area (Å²) in [4.78, 5) is 0. The van der Waals surface area contributed by atoms with Crippen LogP contribution in [0.3, 0.4) is 0 Å². The number of benzene rings is 2. The van der Waals surface area contributed by atoms with Crippen molar-refractivity contribution in [2.45, 2.75) is 12.3 Å². The third-order valence-corrected chi connectivity index (χ3v) is 3.09. The number of alkyl halides is 1. The van der Waals surface area contributed by atoms with Crippen molar-refractivity contribution >= 4 is 11.6 Å². The van der Waals surface area contributed by atoms with Crippen molar-refractivity contribution in [2.75, 3.05) is 0 Å². The van der Waals surface area contributed by atoms with Gasteiger partial charge in [-0.05, 0) is 30.7 Å². The van der Waals surface area contributed by atoms with Crippen molar-refractivity contribution < 1.29 is 8.78 Å². The number of halogens is 3. The van der Waals surface area contributed by atoms with Crippen LogP contribution in [0.4, 0.5) is 8.78 Å². The summed E-state index contributed by atoms with van der Waals surface area (Å²) in [5.41, 5.74) is 2.01. The molecule has 0 aliphatic carbocycles. The Morgan fingerprint density at radius 1 is 1.00 bits per heavy atom. The average molecular weight is 253 g/mol. The highest BCUT2D eigenvalue weighted by Gasteiger charge is 2.15. The fourth-order valence-electron chi connectivity index (χ4n) is 1.62. The molecule has 2 aromatic carbocycles. The van der Waals surface area contributed by atoms with Crippen molar-refractivity contribution in [3.8, 4) is 0 Å². The molecule has 0 nitrogen and oxygen atoms in total. The van der Waals surface area contributed by atoms with Crippen molar-refractivity contribution in [1.29, 1.82) is 0 Å². The Balaban J connectivity index is 2.39. The molecule has 0 N–H and O–H groups in total. The van der Waals surface area contributed by atoms with Crippen LogP contribution < -0.4 is 0 Å². The maximum Gasteiger partial charge on any atom is 0.128 e. The Kier molecular flexibility index (Phi) is 3.43. The Morgan fingerprint density at radius 3 is 2.29 bits per heavy atom. The van der Waals surface area contributed by atoms with Crippen LogP contribution in [0.15, 0.2) is 42.5 Å². The van der Waals surface area contributed by atoms with Crippen LogP contribution in [0.2, 0.25) is 0 Å². The Labute approximate surface area is 104 Å². The average Bonchev–Trinajstić information content (AvgIpc) is 2.32. The third kappa shape index (κ3) is 2.64. The van der Waals surface area contributed by atoms with Crippen molar-refractivity contribution in [1.82, 2.24) is 0 Å². The van der Waals surface area contributed by atoms with Crippen LogP contribution in [0, 0.1) is 18.6 Å². The van der Waals surface area contributed by atoms with E-state index in [4.69, 9.17) is 11.6 Å². The molecule has 3 heteroatoms. The molecular formula is C14H11ClF2. The molecule has 1 unspecified atom stereocenters. The molecule has 0 heterocycles. The molecule has 0 spiro atoms. The minimum absolute atomic E-state index is 0.163. The molecule has 0 bridgehead atoms. The molecule has 0 aliphatic heterocycles. The van der Waals surface area contributed by atoms with E-state index in [9.17, 15) is 8.78 Å². The summed E-state index contributed by atoms with van der Waals surface area (Å²) in [6.45, 7) is 1.95. The zero-order valence-electron chi connectivity index (χ0n) is 9.25. The van der Waals surface area contributed by atoms with E-state index in [1.807, 2.05) is 31.2 Å². The first-order valence-corrected chi connectivity index (χ1v) is 5.67. The quantitative estimate of drug-likeness (QED) is 0.685. The van der Waals surface area contributed by atoms with Gasteiger partial charge in [-0.15, -0.1) is 11.6 Å². The van der Waals surface area contributed by atoms with Gasteiger partial charge in [0.05, 0.1) is 5.38 Å². The smallest absolute Gasteiger partial charge is 0.128 e. The van der Waals surface area contributed by atoms with E-state index in [1.54, 1.807) is 0 Å². The Morgan fingerprint density at radius 2 is 1.65 bits per heavy atom. The predicted octanol–water partition coefficient (Wildman–Crippen LogP) is 4.60. The highest BCUT2D eigenvalue weighted by atomic mass is 35.5. The second-order valence-corrected chi connectivity index (χ2v) is 4.38. The van der Waals surface area contributed by atoms with E-state index in [0.717, 1.165) is 29.3 Å². The van der Waals surface area contributed by atoms with E-state index in [0.29, 0.717) is 0 Å². The normalized spacial score (nSPS) is 12.5. The summed E-state index contributed by atoms with van der Waals surface area (Å²) in [6.07, 6.45) is 0. The molecule has 0 amide bonds. The number of rotatable bonds is 2. The second kappa shape index (κ2) is 4.84. The molecule has 88 valence electrons. The highest BCUT2D eigenvalue weighted by molar-refractivity contribution is 6.22. The van der Waals surface area contributed by atoms with Crippen molar-refractivity contribution in [3.05, 3.63) is 70.8 Å². The molecule has 2 aromatic rings. The summed E-state index contributed by atoms with van der Waals surface area (Å²) < 4.78 is 26.6. The van der Waals surface area contributed by atoms with Gasteiger partial charge in [0, 0.05) is 5.56 Å². The van der Waals surface area contributed by atoms with Crippen LogP contribution in [0.25, 0.3) is 0 Å². The minimum Gasteiger partial charge on any atom is -0.207 e. The van der Waals surface area contributed by atoms with Gasteiger partial charge in [-0.1, -0.05) is 29.8 Å². The van der Waals surface area contributed by atoms with Gasteiger partial charge in [-0.2, -0.15) is 0 Å². The third-order valence-electron chi connectivity index (χ3n) is 2.60. The summed E-state index contributed by atoms with van der Waals surface area (Å²) in [5.74, 6) is -0.980. The van der Waals surface area contributed by atoms with Gasteiger partial charge in [-0.3, -0.25) is 0 Å². The SMILES string of the molecule is Cc1ccc(C(Cl)c2cc(F)ccc2F)cc1. The maximum atomic E-state index is 13.5. The second-order valence-electron chi connectivity index (χ2n) is 3.94. The largest absolute Gasteiger partial charge is 0.207 e. The number of hydrogen-bond acceptors (Lipinski definition) is 0. The van der Waals surface area contributed by atoms with E-state index in [1.165, 1.54) is 0 Å². The molecule has 17 heavy (non-hydrogen) atoms. The van der Waals surface area contributed by atoms with Gasteiger partial charge in [0.15, 0.2) is 0 Å². The first-order chi connectivity index (χ1) is 8.08. The molecule has 0 fully saturated rings. The number of hydrogen-bond donors (Lipinski definition) is 0. The van der Waals surface area contributed by atoms with Crippen LogP contribution in [0.1, 0.15) is 22.1 Å². The lowest BCUT2D eigenvalue weighted by Gasteiger charge is -2.11. The molecule has 0 aromatic heterocycles. The van der Waals surface area contributed by atoms with Crippen molar-refractivity contribution in [3.63, 3.8) is 0 Å². The lowest BCUT2D eigenvalue weighted by molar-refractivity contribution is 0.587. The van der Waals surface area contributed by atoms with Crippen LogP contribution in [0.5, 0.6) is 0 Å². The summed E-state index contributed by atoms with van der Waals surface area (Å²) in [5, 5.41) is -0.675. The van der Waals surface area contributed by atoms with Gasteiger partial charge in [0.1, 0.15) is 11.6 Å². The van der Waals surface area contributed by atoms with Gasteiger partial charge in [0.25, 0.3) is 0 Å². The van der Waals surface area contributed by atoms with E-state index in [-0.39, 0.29) is 5.56 Å². The zero-order valence-corrected chi connectivity index (χ0v) is 10.0. The van der Waals surface area contributed by atoms with Gasteiger partial charge >= 0.3 is 0 Å². The minimum atomic E-state index is -0.675. The molecule has 1 atom stereocenters. The molecule has 0 aliphatic rings. The standard InChI is InChI=1S/C14H11ClF2/c1-9-2-4-10(5-3-9)14(15)12-8-11(16)6-7-13(12)17/h2-8,14H,1H3. The molecule has 0 saturated heterocycles. The fraction of sp³-hybridized carbons (Fsp3) is 0.143. The van der Waals surface area contributed by atoms with E-state index < -0.39 is 17.0 Å². The summed E-state index contributed by atoms with van der Waals surface area (Å²) in [7, 11) is 0. The Bertz CT molecular complexity index is 520. The van der Waals surface area contributed by atoms with Crippen LogP contribution >= 0.6 is 11.6 Å². The lowest BCUT2D eigenvalue weighted by Crippen LogP contribution is -1.98. The van der Waals surface area contributed by atoms with Gasteiger partial charge < -0.3 is 0 Å². The fourth-order valence-corrected chi connectivity index (χ4v) is 1.94. The predicted molar refractivity (Wildman–Crippen MR) is 65.2 cm³/mol. The van der Waals surface area contributed by atoms with E-state index in [2.05, 4.69) is 0 Å². The van der Waals surface area contributed by atoms with Crippen molar-refractivity contribution in [2.24, 2.45) is 0 Å². The van der Waals surface area contributed by atoms with Crippen LogP contribution in [-0.2, 0) is 0 Å². The monoisotopic (exact) mass is 252 g/mol. The summed E-state index contributed by atoms with van der Waals surface area (Å²) in [6, 6.07) is 10.7. The van der Waals surface area contributed by atoms with Gasteiger partial charge in [-0.25, -0.2) is 8.78 Å². The molecular weight excluding hydrogens is 242 g/mol. The topological polar surface area (TPSA) is 0 Å². The molecule has 0 saturated carbocycles. The summed E-state index contributed by atoms with van der Waals surface area (Å²) >= 11 is 6.15. The number of aryl methyl sites for hydroxylation is 1. The maximum absolute atomic E-state index is 13.5.